The third-order valence-electron chi connectivity index (χ3n) is 3.47. The van der Waals surface area contributed by atoms with Crippen LogP contribution in [0.25, 0.3) is 0 Å². The van der Waals surface area contributed by atoms with Gasteiger partial charge in [0, 0.05) is 0 Å². The second-order valence-corrected chi connectivity index (χ2v) is 10.5. The number of hydrogen-bond acceptors (Lipinski definition) is 0. The van der Waals surface area contributed by atoms with Crippen LogP contribution in [0.2, 0.25) is 32.3 Å². The van der Waals surface area contributed by atoms with Crippen molar-refractivity contribution < 1.29 is 0 Å². The molecule has 0 rings (SSSR count). The zero-order valence-electron chi connectivity index (χ0n) is 11.2. The Bertz CT molecular complexity index is 197. The van der Waals surface area contributed by atoms with Gasteiger partial charge in [-0.3, -0.25) is 0 Å². The van der Waals surface area contributed by atoms with Gasteiger partial charge < -0.3 is 0 Å². The summed E-state index contributed by atoms with van der Waals surface area (Å²) in [4.78, 5) is 0. The summed E-state index contributed by atoms with van der Waals surface area (Å²) in [6.07, 6.45) is 3.87. The van der Waals surface area contributed by atoms with E-state index in [-0.39, 0.29) is 0 Å². The molecule has 0 aromatic heterocycles. The molecule has 0 aliphatic carbocycles. The van der Waals surface area contributed by atoms with Crippen LogP contribution >= 0.6 is 0 Å². The Labute approximate surface area is 92.3 Å². The van der Waals surface area contributed by atoms with Crippen LogP contribution in [0, 0.1) is 0 Å². The second kappa shape index (κ2) is 5.79. The highest BCUT2D eigenvalue weighted by Crippen LogP contribution is 2.24. The van der Waals surface area contributed by atoms with E-state index >= 15 is 0 Å². The smallest absolute Gasteiger partial charge is 0.106 e. The molecule has 0 amide bonds. The molecule has 0 heterocycles. The first-order valence-electron chi connectivity index (χ1n) is 6.08. The number of rotatable bonds is 5. The molecule has 0 aliphatic heterocycles. The molecule has 2 heteroatoms. The van der Waals surface area contributed by atoms with Gasteiger partial charge in [-0.1, -0.05) is 58.2 Å². The molecule has 0 radical (unpaired) electrons. The molecule has 0 aromatic carbocycles. The van der Waals surface area contributed by atoms with Gasteiger partial charge in [0.1, 0.15) is 0 Å². The van der Waals surface area contributed by atoms with Gasteiger partial charge in [0.05, 0.1) is 8.07 Å². The van der Waals surface area contributed by atoms with Crippen LogP contribution in [0.15, 0.2) is 10.7 Å². The molecular weight excluding hydrogens is 183 g/mol. The fraction of sp³-hybridized carbons (Fsp3) is 0.833. The quantitative estimate of drug-likeness (QED) is 0.579. The molecule has 14 heavy (non-hydrogen) atoms. The average Bonchev–Trinajstić information content (AvgIpc) is 2.11. The summed E-state index contributed by atoms with van der Waals surface area (Å²) < 4.78 is 0. The van der Waals surface area contributed by atoms with Gasteiger partial charge in [-0.2, -0.15) is 0 Å². The number of hydrogen-bond donors (Lipinski definition) is 0. The molecule has 0 N–H and O–H groups in total. The topological polar surface area (TPSA) is 0 Å². The maximum Gasteiger partial charge on any atom is 0.169 e. The van der Waals surface area contributed by atoms with Gasteiger partial charge >= 0.3 is 0 Å². The Balaban J connectivity index is 5.01. The third-order valence-corrected chi connectivity index (χ3v) is 6.04. The first-order chi connectivity index (χ1) is 6.38. The average molecular weight is 210 g/mol. The highest BCUT2D eigenvalue weighted by Gasteiger charge is 2.23. The van der Waals surface area contributed by atoms with Crippen molar-refractivity contribution in [3.05, 3.63) is 10.7 Å². The first-order valence-corrected chi connectivity index (χ1v) is 9.58. The summed E-state index contributed by atoms with van der Waals surface area (Å²) in [6, 6.07) is 0. The van der Waals surface area contributed by atoms with E-state index in [1.54, 1.807) is 10.7 Å². The molecule has 0 atom stereocenters. The Morgan fingerprint density at radius 3 is 1.64 bits per heavy atom. The molecule has 82 valence electrons. The first kappa shape index (κ1) is 14.0. The molecule has 0 saturated heterocycles. The van der Waals surface area contributed by atoms with Crippen LogP contribution in [0.4, 0.5) is 0 Å². The second-order valence-electron chi connectivity index (χ2n) is 5.27. The van der Waals surface area contributed by atoms with Crippen molar-refractivity contribution >= 4 is 14.8 Å². The van der Waals surface area contributed by atoms with E-state index in [0.29, 0.717) is 0 Å². The molecule has 0 spiro atoms. The van der Waals surface area contributed by atoms with Gasteiger partial charge in [-0.15, -0.1) is 5.47 Å². The summed E-state index contributed by atoms with van der Waals surface area (Å²) in [5.41, 5.74) is 1.76. The van der Waals surface area contributed by atoms with Crippen molar-refractivity contribution in [3.63, 3.8) is 0 Å². The Hall–Kier alpha value is 0.0218. The van der Waals surface area contributed by atoms with Gasteiger partial charge in [0.2, 0.25) is 0 Å². The van der Waals surface area contributed by atoms with Crippen LogP contribution in [0.1, 0.15) is 34.1 Å². The van der Waals surface area contributed by atoms with Gasteiger partial charge in [-0.25, -0.2) is 0 Å². The van der Waals surface area contributed by atoms with Crippen molar-refractivity contribution in [2.45, 2.75) is 66.4 Å². The Morgan fingerprint density at radius 1 is 1.00 bits per heavy atom. The van der Waals surface area contributed by atoms with Crippen molar-refractivity contribution in [1.29, 1.82) is 0 Å². The van der Waals surface area contributed by atoms with E-state index in [4.69, 9.17) is 0 Å². The number of allylic oxidation sites excluding steroid dienone is 2. The maximum absolute atomic E-state index is 2.46. The van der Waals surface area contributed by atoms with Gasteiger partial charge in [0.25, 0.3) is 0 Å². The van der Waals surface area contributed by atoms with E-state index in [2.05, 4.69) is 47.3 Å². The standard InChI is InChI=1S/C12H27BSi/c1-8-12(13(9-2)10-3)11(4)14(5,6)7/h8-10H2,1-7H3/b12-11-. The van der Waals surface area contributed by atoms with E-state index < -0.39 is 8.07 Å². The van der Waals surface area contributed by atoms with Crippen LogP contribution in [0.5, 0.6) is 0 Å². The van der Waals surface area contributed by atoms with E-state index in [9.17, 15) is 0 Å². The summed E-state index contributed by atoms with van der Waals surface area (Å²) in [7, 11) is -1.06. The maximum atomic E-state index is 2.46. The minimum absolute atomic E-state index is 0.840. The summed E-state index contributed by atoms with van der Waals surface area (Å²) in [5.74, 6) is 0. The largest absolute Gasteiger partial charge is 0.169 e. The lowest BCUT2D eigenvalue weighted by atomic mass is 9.40. The monoisotopic (exact) mass is 210 g/mol. The zero-order valence-corrected chi connectivity index (χ0v) is 12.2. The van der Waals surface area contributed by atoms with Gasteiger partial charge in [-0.05, 0) is 13.3 Å². The van der Waals surface area contributed by atoms with E-state index in [0.717, 1.165) is 6.71 Å². The lowest BCUT2D eigenvalue weighted by Crippen LogP contribution is -2.28. The highest BCUT2D eigenvalue weighted by atomic mass is 28.3. The summed E-state index contributed by atoms with van der Waals surface area (Å²) in [6.45, 7) is 17.6. The molecule has 0 nitrogen and oxygen atoms in total. The fourth-order valence-electron chi connectivity index (χ4n) is 2.12. The molecule has 0 saturated carbocycles. The molecule has 0 aromatic rings. The zero-order chi connectivity index (χ0) is 11.4. The molecule has 0 bridgehead atoms. The van der Waals surface area contributed by atoms with Crippen LogP contribution in [0.3, 0.4) is 0 Å². The summed E-state index contributed by atoms with van der Waals surface area (Å²) >= 11 is 0. The predicted octanol–water partition coefficient (Wildman–Crippen LogP) is 4.66. The lowest BCUT2D eigenvalue weighted by molar-refractivity contribution is 1.13. The Morgan fingerprint density at radius 2 is 1.43 bits per heavy atom. The van der Waals surface area contributed by atoms with E-state index in [1.807, 2.05) is 0 Å². The van der Waals surface area contributed by atoms with Crippen LogP contribution in [-0.4, -0.2) is 14.8 Å². The minimum Gasteiger partial charge on any atom is -0.106 e. The molecule has 0 unspecified atom stereocenters. The van der Waals surface area contributed by atoms with Crippen LogP contribution < -0.4 is 0 Å². The SMILES string of the molecule is CCB(CC)/C(CC)=C(/C)[Si](C)(C)C. The highest BCUT2D eigenvalue weighted by molar-refractivity contribution is 6.85. The minimum atomic E-state index is -1.06. The lowest BCUT2D eigenvalue weighted by Gasteiger charge is -2.25. The molecular formula is C12H27BSi. The molecule has 0 aliphatic rings. The van der Waals surface area contributed by atoms with Crippen molar-refractivity contribution in [2.24, 2.45) is 0 Å². The van der Waals surface area contributed by atoms with Gasteiger partial charge in [0.15, 0.2) is 6.71 Å². The summed E-state index contributed by atoms with van der Waals surface area (Å²) in [5, 5.41) is 1.74. The van der Waals surface area contributed by atoms with E-state index in [1.165, 1.54) is 19.1 Å². The third kappa shape index (κ3) is 3.64. The van der Waals surface area contributed by atoms with Crippen molar-refractivity contribution in [1.82, 2.24) is 0 Å². The predicted molar refractivity (Wildman–Crippen MR) is 73.1 cm³/mol. The van der Waals surface area contributed by atoms with Crippen LogP contribution in [-0.2, 0) is 0 Å². The van der Waals surface area contributed by atoms with Crippen molar-refractivity contribution in [3.8, 4) is 0 Å². The fourth-order valence-corrected chi connectivity index (χ4v) is 3.47. The molecule has 0 fully saturated rings. The Kier molecular flexibility index (Phi) is 5.80. The normalized spacial score (nSPS) is 13.9. The van der Waals surface area contributed by atoms with Crippen molar-refractivity contribution in [2.75, 3.05) is 0 Å².